The highest BCUT2D eigenvalue weighted by Crippen LogP contribution is 2.34. The SMILES string of the molecule is COC(=O)c1ccc(Nc2ncnc(Nc3ccc(Cl)cc3C)c2[N+](=O)[O-])cc1. The lowest BCUT2D eigenvalue weighted by molar-refractivity contribution is -0.383. The van der Waals surface area contributed by atoms with Crippen molar-refractivity contribution >= 4 is 46.3 Å². The summed E-state index contributed by atoms with van der Waals surface area (Å²) in [4.78, 5) is 30.7. The number of aryl methyl sites for hydroxylation is 1. The number of carbonyl (C=O) groups is 1. The molecule has 0 aliphatic rings. The third-order valence-electron chi connectivity index (χ3n) is 4.02. The largest absolute Gasteiger partial charge is 0.465 e. The number of halogens is 1. The van der Waals surface area contributed by atoms with Crippen LogP contribution in [0.15, 0.2) is 48.8 Å². The maximum absolute atomic E-state index is 11.7. The van der Waals surface area contributed by atoms with Crippen LogP contribution < -0.4 is 10.6 Å². The summed E-state index contributed by atoms with van der Waals surface area (Å²) < 4.78 is 4.65. The number of carbonyl (C=O) groups excluding carboxylic acids is 1. The van der Waals surface area contributed by atoms with E-state index in [2.05, 4.69) is 25.3 Å². The molecule has 0 atom stereocenters. The molecule has 0 saturated carbocycles. The highest BCUT2D eigenvalue weighted by molar-refractivity contribution is 6.30. The standard InChI is InChI=1S/C19H16ClN5O4/c1-11-9-13(20)5-8-15(11)24-18-16(25(27)28)17(21-10-22-18)23-14-6-3-12(4-7-14)19(26)29-2/h3-10H,1-2H3,(H2,21,22,23,24). The fraction of sp³-hybridized carbons (Fsp3) is 0.105. The average molecular weight is 414 g/mol. The molecule has 0 fully saturated rings. The van der Waals surface area contributed by atoms with Crippen molar-refractivity contribution in [2.45, 2.75) is 6.92 Å². The van der Waals surface area contributed by atoms with E-state index in [0.717, 1.165) is 5.56 Å². The molecule has 9 nitrogen and oxygen atoms in total. The van der Waals surface area contributed by atoms with Gasteiger partial charge in [0.2, 0.25) is 11.6 Å². The molecule has 0 aliphatic heterocycles. The van der Waals surface area contributed by atoms with Crippen LogP contribution in [0.1, 0.15) is 15.9 Å². The first kappa shape index (κ1) is 20.0. The summed E-state index contributed by atoms with van der Waals surface area (Å²) in [6.07, 6.45) is 1.21. The molecule has 2 N–H and O–H groups in total. The Morgan fingerprint density at radius 1 is 1.10 bits per heavy atom. The van der Waals surface area contributed by atoms with Gasteiger partial charge in [-0.3, -0.25) is 10.1 Å². The van der Waals surface area contributed by atoms with E-state index in [-0.39, 0.29) is 17.3 Å². The lowest BCUT2D eigenvalue weighted by Gasteiger charge is -2.12. The molecule has 0 aliphatic carbocycles. The molecule has 1 heterocycles. The number of nitro groups is 1. The number of anilines is 4. The van der Waals surface area contributed by atoms with E-state index in [4.69, 9.17) is 11.6 Å². The summed E-state index contributed by atoms with van der Waals surface area (Å²) in [6, 6.07) is 11.4. The maximum atomic E-state index is 11.7. The van der Waals surface area contributed by atoms with Crippen molar-refractivity contribution in [3.05, 3.63) is 75.1 Å². The van der Waals surface area contributed by atoms with Gasteiger partial charge in [-0.05, 0) is 55.0 Å². The smallest absolute Gasteiger partial charge is 0.353 e. The van der Waals surface area contributed by atoms with E-state index < -0.39 is 10.9 Å². The van der Waals surface area contributed by atoms with Crippen molar-refractivity contribution in [2.75, 3.05) is 17.7 Å². The maximum Gasteiger partial charge on any atom is 0.353 e. The molecule has 0 saturated heterocycles. The number of aromatic nitrogens is 2. The number of ether oxygens (including phenoxy) is 1. The minimum absolute atomic E-state index is 0.00457. The van der Waals surface area contributed by atoms with Crippen LogP contribution in [0.25, 0.3) is 0 Å². The number of hydrogen-bond acceptors (Lipinski definition) is 8. The van der Waals surface area contributed by atoms with Crippen molar-refractivity contribution in [3.63, 3.8) is 0 Å². The second-order valence-corrected chi connectivity index (χ2v) is 6.39. The Morgan fingerprint density at radius 3 is 2.34 bits per heavy atom. The Bertz CT molecular complexity index is 1070. The Hall–Kier alpha value is -3.72. The van der Waals surface area contributed by atoms with Crippen LogP contribution in [0.4, 0.5) is 28.7 Å². The Kier molecular flexibility index (Phi) is 5.89. The van der Waals surface area contributed by atoms with Gasteiger partial charge in [0.1, 0.15) is 6.33 Å². The highest BCUT2D eigenvalue weighted by atomic mass is 35.5. The van der Waals surface area contributed by atoms with Crippen LogP contribution in [0.2, 0.25) is 5.02 Å². The Morgan fingerprint density at radius 2 is 1.76 bits per heavy atom. The monoisotopic (exact) mass is 413 g/mol. The van der Waals surface area contributed by atoms with Gasteiger partial charge in [-0.2, -0.15) is 0 Å². The van der Waals surface area contributed by atoms with Gasteiger partial charge >= 0.3 is 11.7 Å². The number of methoxy groups -OCH3 is 1. The van der Waals surface area contributed by atoms with Gasteiger partial charge in [0.05, 0.1) is 17.6 Å². The van der Waals surface area contributed by atoms with Gasteiger partial charge in [0.25, 0.3) is 0 Å². The van der Waals surface area contributed by atoms with Crippen molar-refractivity contribution in [2.24, 2.45) is 0 Å². The van der Waals surface area contributed by atoms with Gasteiger partial charge in [-0.1, -0.05) is 11.6 Å². The van der Waals surface area contributed by atoms with E-state index in [9.17, 15) is 14.9 Å². The van der Waals surface area contributed by atoms with E-state index in [1.54, 1.807) is 30.3 Å². The van der Waals surface area contributed by atoms with Gasteiger partial charge < -0.3 is 15.4 Å². The second kappa shape index (κ2) is 8.53. The lowest BCUT2D eigenvalue weighted by Crippen LogP contribution is -2.06. The minimum Gasteiger partial charge on any atom is -0.465 e. The van der Waals surface area contributed by atoms with Crippen molar-refractivity contribution in [1.82, 2.24) is 9.97 Å². The fourth-order valence-corrected chi connectivity index (χ4v) is 2.80. The molecule has 3 rings (SSSR count). The predicted octanol–water partition coefficient (Wildman–Crippen LogP) is 4.62. The predicted molar refractivity (Wildman–Crippen MR) is 109 cm³/mol. The molecule has 0 spiro atoms. The van der Waals surface area contributed by atoms with Crippen LogP contribution in [0, 0.1) is 17.0 Å². The molecule has 0 radical (unpaired) electrons. The molecular weight excluding hydrogens is 398 g/mol. The zero-order valence-electron chi connectivity index (χ0n) is 15.5. The molecule has 0 unspecified atom stereocenters. The van der Waals surface area contributed by atoms with Crippen LogP contribution in [-0.2, 0) is 4.74 Å². The third kappa shape index (κ3) is 4.58. The van der Waals surface area contributed by atoms with E-state index in [1.807, 2.05) is 6.92 Å². The summed E-state index contributed by atoms with van der Waals surface area (Å²) in [6.45, 7) is 1.82. The Labute approximate surface area is 170 Å². The van der Waals surface area contributed by atoms with Crippen LogP contribution in [0.5, 0.6) is 0 Å². The first-order chi connectivity index (χ1) is 13.9. The average Bonchev–Trinajstić information content (AvgIpc) is 2.70. The second-order valence-electron chi connectivity index (χ2n) is 5.95. The third-order valence-corrected chi connectivity index (χ3v) is 4.25. The molecule has 0 bridgehead atoms. The Balaban J connectivity index is 1.92. The van der Waals surface area contributed by atoms with Gasteiger partial charge in [0.15, 0.2) is 0 Å². The van der Waals surface area contributed by atoms with Gasteiger partial charge in [0, 0.05) is 16.4 Å². The highest BCUT2D eigenvalue weighted by Gasteiger charge is 2.24. The van der Waals surface area contributed by atoms with Gasteiger partial charge in [-0.15, -0.1) is 0 Å². The van der Waals surface area contributed by atoms with E-state index in [1.165, 1.54) is 25.6 Å². The molecule has 1 aromatic heterocycles. The van der Waals surface area contributed by atoms with Crippen molar-refractivity contribution in [1.29, 1.82) is 0 Å². The quantitative estimate of drug-likeness (QED) is 0.341. The van der Waals surface area contributed by atoms with Crippen molar-refractivity contribution in [3.8, 4) is 0 Å². The molecule has 3 aromatic rings. The van der Waals surface area contributed by atoms with E-state index >= 15 is 0 Å². The summed E-state index contributed by atoms with van der Waals surface area (Å²) in [5, 5.41) is 18.1. The molecular formula is C19H16ClN5O4. The lowest BCUT2D eigenvalue weighted by atomic mass is 10.2. The number of benzene rings is 2. The van der Waals surface area contributed by atoms with Crippen LogP contribution in [-0.4, -0.2) is 28.0 Å². The van der Waals surface area contributed by atoms with Crippen LogP contribution >= 0.6 is 11.6 Å². The zero-order valence-corrected chi connectivity index (χ0v) is 16.2. The number of nitrogens with one attached hydrogen (secondary N) is 2. The molecule has 29 heavy (non-hydrogen) atoms. The molecule has 0 amide bonds. The van der Waals surface area contributed by atoms with E-state index in [0.29, 0.717) is 22.0 Å². The summed E-state index contributed by atoms with van der Waals surface area (Å²) in [7, 11) is 1.29. The van der Waals surface area contributed by atoms with Crippen molar-refractivity contribution < 1.29 is 14.5 Å². The zero-order chi connectivity index (χ0) is 21.0. The minimum atomic E-state index is -0.571. The van der Waals surface area contributed by atoms with Crippen LogP contribution in [0.3, 0.4) is 0 Å². The molecule has 10 heteroatoms. The van der Waals surface area contributed by atoms with Gasteiger partial charge in [-0.25, -0.2) is 14.8 Å². The molecule has 148 valence electrons. The number of esters is 1. The number of rotatable bonds is 6. The number of nitrogens with zero attached hydrogens (tertiary/aromatic N) is 3. The number of hydrogen-bond donors (Lipinski definition) is 2. The first-order valence-electron chi connectivity index (χ1n) is 8.37. The topological polar surface area (TPSA) is 119 Å². The summed E-state index contributed by atoms with van der Waals surface area (Å²) in [5.74, 6) is -0.441. The molecule has 2 aromatic carbocycles. The first-order valence-corrected chi connectivity index (χ1v) is 8.75. The summed E-state index contributed by atoms with van der Waals surface area (Å²) >= 11 is 5.96. The fourth-order valence-electron chi connectivity index (χ4n) is 2.57. The summed E-state index contributed by atoms with van der Waals surface area (Å²) in [5.41, 5.74) is 1.98. The normalized spacial score (nSPS) is 10.3.